The zero-order valence-electron chi connectivity index (χ0n) is 5.60. The first-order chi connectivity index (χ1) is 4.72. The molecule has 0 saturated carbocycles. The molecule has 1 rings (SSSR count). The van der Waals surface area contributed by atoms with Crippen molar-refractivity contribution in [3.05, 3.63) is 0 Å². The Morgan fingerprint density at radius 2 is 2.20 bits per heavy atom. The Morgan fingerprint density at radius 3 is 2.70 bits per heavy atom. The summed E-state index contributed by atoms with van der Waals surface area (Å²) in [6.45, 7) is 0.152. The van der Waals surface area contributed by atoms with E-state index in [0.29, 0.717) is 6.42 Å². The molecular formula is C6H12O2S2. The molecule has 3 unspecified atom stereocenters. The maximum Gasteiger partial charge on any atom is 0.0570 e. The standard InChI is InChI=1S/C6H12O2S2/c7-3-5-1-4(8)2-6(9)10-5/h4-9H,1-3H2. The largest absolute Gasteiger partial charge is 0.395 e. The van der Waals surface area contributed by atoms with Crippen LogP contribution in [0.1, 0.15) is 12.8 Å². The van der Waals surface area contributed by atoms with Gasteiger partial charge in [0.15, 0.2) is 0 Å². The summed E-state index contributed by atoms with van der Waals surface area (Å²) in [6, 6.07) is 0. The second-order valence-corrected chi connectivity index (χ2v) is 5.00. The van der Waals surface area contributed by atoms with Crippen LogP contribution in [0.3, 0.4) is 0 Å². The third-order valence-electron chi connectivity index (χ3n) is 1.56. The van der Waals surface area contributed by atoms with Crippen molar-refractivity contribution in [3.8, 4) is 0 Å². The molecule has 10 heavy (non-hydrogen) atoms. The quantitative estimate of drug-likeness (QED) is 0.514. The van der Waals surface area contributed by atoms with E-state index >= 15 is 0 Å². The van der Waals surface area contributed by atoms with Crippen molar-refractivity contribution < 1.29 is 10.2 Å². The van der Waals surface area contributed by atoms with Crippen LogP contribution in [0.2, 0.25) is 0 Å². The zero-order chi connectivity index (χ0) is 7.56. The fourth-order valence-electron chi connectivity index (χ4n) is 1.08. The predicted octanol–water partition coefficient (Wildman–Crippen LogP) is 0.491. The van der Waals surface area contributed by atoms with Crippen LogP contribution < -0.4 is 0 Å². The van der Waals surface area contributed by atoms with Crippen molar-refractivity contribution in [3.63, 3.8) is 0 Å². The molecule has 0 radical (unpaired) electrons. The predicted molar refractivity (Wildman–Crippen MR) is 46.5 cm³/mol. The van der Waals surface area contributed by atoms with Gasteiger partial charge in [-0.25, -0.2) is 0 Å². The molecule has 0 bridgehead atoms. The molecule has 1 aliphatic heterocycles. The van der Waals surface area contributed by atoms with Crippen molar-refractivity contribution in [1.82, 2.24) is 0 Å². The highest BCUT2D eigenvalue weighted by atomic mass is 32.2. The number of rotatable bonds is 1. The van der Waals surface area contributed by atoms with E-state index in [1.165, 1.54) is 0 Å². The van der Waals surface area contributed by atoms with Crippen LogP contribution in [0.25, 0.3) is 0 Å². The van der Waals surface area contributed by atoms with Gasteiger partial charge in [0.1, 0.15) is 0 Å². The summed E-state index contributed by atoms with van der Waals surface area (Å²) in [7, 11) is 0. The number of hydrogen-bond donors (Lipinski definition) is 3. The van der Waals surface area contributed by atoms with E-state index in [9.17, 15) is 5.11 Å². The van der Waals surface area contributed by atoms with E-state index in [-0.39, 0.29) is 22.5 Å². The van der Waals surface area contributed by atoms with Gasteiger partial charge in [-0.15, -0.1) is 11.8 Å². The van der Waals surface area contributed by atoms with Gasteiger partial charge in [0.25, 0.3) is 0 Å². The Labute approximate surface area is 70.4 Å². The molecule has 0 aromatic rings. The summed E-state index contributed by atoms with van der Waals surface area (Å²) in [5, 5.41) is 18.2. The third kappa shape index (κ3) is 2.34. The number of aliphatic hydroxyl groups is 2. The van der Waals surface area contributed by atoms with E-state index in [1.807, 2.05) is 0 Å². The molecular weight excluding hydrogens is 168 g/mol. The first kappa shape index (κ1) is 8.71. The number of thiol groups is 1. The SMILES string of the molecule is OCC1CC(O)CC(S)S1. The summed E-state index contributed by atoms with van der Waals surface area (Å²) < 4.78 is 0.195. The van der Waals surface area contributed by atoms with Crippen LogP contribution in [-0.2, 0) is 0 Å². The lowest BCUT2D eigenvalue weighted by atomic mass is 10.1. The van der Waals surface area contributed by atoms with Crippen LogP contribution in [0.5, 0.6) is 0 Å². The van der Waals surface area contributed by atoms with Crippen molar-refractivity contribution in [1.29, 1.82) is 0 Å². The maximum atomic E-state index is 9.21. The molecule has 3 atom stereocenters. The summed E-state index contributed by atoms with van der Waals surface area (Å²) in [6.07, 6.45) is 1.18. The lowest BCUT2D eigenvalue weighted by molar-refractivity contribution is 0.143. The second-order valence-electron chi connectivity index (χ2n) is 2.52. The van der Waals surface area contributed by atoms with E-state index in [4.69, 9.17) is 5.11 Å². The average molecular weight is 180 g/mol. The van der Waals surface area contributed by atoms with Crippen LogP contribution in [0.15, 0.2) is 0 Å². The smallest absolute Gasteiger partial charge is 0.0570 e. The Morgan fingerprint density at radius 1 is 1.50 bits per heavy atom. The minimum Gasteiger partial charge on any atom is -0.395 e. The third-order valence-corrected chi connectivity index (χ3v) is 3.37. The van der Waals surface area contributed by atoms with E-state index in [2.05, 4.69) is 12.6 Å². The van der Waals surface area contributed by atoms with Gasteiger partial charge in [0.05, 0.1) is 17.3 Å². The molecule has 0 aromatic heterocycles. The van der Waals surface area contributed by atoms with E-state index in [0.717, 1.165) is 6.42 Å². The highest BCUT2D eigenvalue weighted by Crippen LogP contribution is 2.33. The molecule has 60 valence electrons. The van der Waals surface area contributed by atoms with Crippen molar-refractivity contribution in [2.45, 2.75) is 28.8 Å². The van der Waals surface area contributed by atoms with E-state index < -0.39 is 0 Å². The molecule has 1 heterocycles. The molecule has 4 heteroatoms. The lowest BCUT2D eigenvalue weighted by Crippen LogP contribution is -2.27. The molecule has 2 nitrogen and oxygen atoms in total. The van der Waals surface area contributed by atoms with Crippen molar-refractivity contribution >= 4 is 24.4 Å². The first-order valence-electron chi connectivity index (χ1n) is 3.35. The highest BCUT2D eigenvalue weighted by molar-refractivity contribution is 8.10. The molecule has 1 fully saturated rings. The fraction of sp³-hybridized carbons (Fsp3) is 1.00. The van der Waals surface area contributed by atoms with Crippen LogP contribution in [0.4, 0.5) is 0 Å². The van der Waals surface area contributed by atoms with Crippen LogP contribution >= 0.6 is 24.4 Å². The van der Waals surface area contributed by atoms with Gasteiger partial charge in [-0.2, -0.15) is 12.6 Å². The van der Waals surface area contributed by atoms with Crippen LogP contribution in [0, 0.1) is 0 Å². The molecule has 0 spiro atoms. The zero-order valence-corrected chi connectivity index (χ0v) is 7.31. The summed E-state index contributed by atoms with van der Waals surface area (Å²) in [5.41, 5.74) is 0. The molecule has 2 N–H and O–H groups in total. The van der Waals surface area contributed by atoms with Crippen molar-refractivity contribution in [2.24, 2.45) is 0 Å². The molecule has 1 aliphatic rings. The highest BCUT2D eigenvalue weighted by Gasteiger charge is 2.25. The van der Waals surface area contributed by atoms with Gasteiger partial charge in [-0.05, 0) is 12.8 Å². The van der Waals surface area contributed by atoms with Gasteiger partial charge in [0, 0.05) is 5.25 Å². The molecule has 0 amide bonds. The second kappa shape index (κ2) is 3.85. The molecule has 1 saturated heterocycles. The Bertz CT molecular complexity index is 99.9. The van der Waals surface area contributed by atoms with Gasteiger partial charge in [0.2, 0.25) is 0 Å². The van der Waals surface area contributed by atoms with E-state index in [1.54, 1.807) is 11.8 Å². The van der Waals surface area contributed by atoms with Gasteiger partial charge < -0.3 is 10.2 Å². The normalized spacial score (nSPS) is 41.7. The number of aliphatic hydroxyl groups excluding tert-OH is 2. The topological polar surface area (TPSA) is 40.5 Å². The minimum absolute atomic E-state index is 0.152. The maximum absolute atomic E-state index is 9.21. The van der Waals surface area contributed by atoms with Crippen molar-refractivity contribution in [2.75, 3.05) is 6.61 Å². The fourth-order valence-corrected chi connectivity index (χ4v) is 3.04. The monoisotopic (exact) mass is 180 g/mol. The molecule has 0 aromatic carbocycles. The summed E-state index contributed by atoms with van der Waals surface area (Å²) in [5.74, 6) is 0. The minimum atomic E-state index is -0.263. The lowest BCUT2D eigenvalue weighted by Gasteiger charge is -2.28. The Hall–Kier alpha value is 0.620. The van der Waals surface area contributed by atoms with Gasteiger partial charge in [-0.3, -0.25) is 0 Å². The summed E-state index contributed by atoms with van der Waals surface area (Å²) in [4.78, 5) is 0. The number of thioether (sulfide) groups is 1. The van der Waals surface area contributed by atoms with Gasteiger partial charge in [-0.1, -0.05) is 0 Å². The average Bonchev–Trinajstić information content (AvgIpc) is 1.85. The number of hydrogen-bond acceptors (Lipinski definition) is 4. The Kier molecular flexibility index (Phi) is 3.36. The molecule has 0 aliphatic carbocycles. The van der Waals surface area contributed by atoms with Gasteiger partial charge >= 0.3 is 0 Å². The van der Waals surface area contributed by atoms with Crippen LogP contribution in [-0.4, -0.2) is 32.8 Å². The first-order valence-corrected chi connectivity index (χ1v) is 4.80. The Balaban J connectivity index is 2.35. The summed E-state index contributed by atoms with van der Waals surface area (Å²) >= 11 is 5.87.